The minimum Gasteiger partial charge on any atom is -0.378 e. The number of aromatic nitrogens is 1. The van der Waals surface area contributed by atoms with Crippen LogP contribution in [0.4, 0.5) is 5.82 Å². The van der Waals surface area contributed by atoms with Gasteiger partial charge in [0.05, 0.1) is 25.5 Å². The minimum absolute atomic E-state index is 0.666. The first-order valence-electron chi connectivity index (χ1n) is 7.77. The highest BCUT2D eigenvalue weighted by Crippen LogP contribution is 2.25. The number of anilines is 1. The van der Waals surface area contributed by atoms with Crippen molar-refractivity contribution in [2.24, 2.45) is 4.99 Å². The highest BCUT2D eigenvalue weighted by Gasteiger charge is 2.20. The highest BCUT2D eigenvalue weighted by molar-refractivity contribution is 6.15. The van der Waals surface area contributed by atoms with Gasteiger partial charge in [-0.25, -0.2) is 4.98 Å². The van der Waals surface area contributed by atoms with Crippen LogP contribution in [0.15, 0.2) is 41.5 Å². The minimum atomic E-state index is 0.666. The first-order chi connectivity index (χ1) is 11.3. The summed E-state index contributed by atoms with van der Waals surface area (Å²) in [6, 6.07) is 9.80. The Morgan fingerprint density at radius 1 is 1.13 bits per heavy atom. The van der Waals surface area contributed by atoms with Crippen LogP contribution >= 0.6 is 0 Å². The monoisotopic (exact) mass is 307 g/mol. The first-order valence-corrected chi connectivity index (χ1v) is 7.77. The third-order valence-corrected chi connectivity index (χ3v) is 4.29. The zero-order valence-corrected chi connectivity index (χ0v) is 12.7. The van der Waals surface area contributed by atoms with E-state index in [1.807, 2.05) is 30.5 Å². The van der Waals surface area contributed by atoms with Crippen molar-refractivity contribution in [1.82, 2.24) is 4.98 Å². The highest BCUT2D eigenvalue weighted by atomic mass is 16.5. The van der Waals surface area contributed by atoms with Gasteiger partial charge in [-0.05, 0) is 23.8 Å². The van der Waals surface area contributed by atoms with Crippen molar-refractivity contribution < 1.29 is 9.53 Å². The van der Waals surface area contributed by atoms with E-state index in [9.17, 15) is 4.79 Å². The summed E-state index contributed by atoms with van der Waals surface area (Å²) in [4.78, 5) is 22.4. The molecule has 4 rings (SSSR count). The van der Waals surface area contributed by atoms with E-state index in [-0.39, 0.29) is 0 Å². The average molecular weight is 307 g/mol. The van der Waals surface area contributed by atoms with Gasteiger partial charge in [0.25, 0.3) is 0 Å². The van der Waals surface area contributed by atoms with Crippen molar-refractivity contribution in [3.05, 3.63) is 58.8 Å². The molecule has 0 atom stereocenters. The van der Waals surface area contributed by atoms with Crippen molar-refractivity contribution >= 4 is 17.8 Å². The number of hydrogen-bond acceptors (Lipinski definition) is 5. The Balaban J connectivity index is 1.69. The maximum Gasteiger partial charge on any atom is 0.150 e. The van der Waals surface area contributed by atoms with Crippen LogP contribution < -0.4 is 4.90 Å². The van der Waals surface area contributed by atoms with Crippen LogP contribution in [0.5, 0.6) is 0 Å². The standard InChI is InChI=1S/C18H17N3O2/c22-12-13-1-2-15-11-20-18(16(15)9-13)14-3-4-19-17(10-14)21-5-7-23-8-6-21/h1-4,9-10,12H,5-8,11H2. The van der Waals surface area contributed by atoms with Crippen molar-refractivity contribution in [3.8, 4) is 0 Å². The fourth-order valence-electron chi connectivity index (χ4n) is 3.05. The molecule has 1 aromatic heterocycles. The second-order valence-corrected chi connectivity index (χ2v) is 5.70. The Bertz CT molecular complexity index is 780. The van der Waals surface area contributed by atoms with Gasteiger partial charge in [-0.3, -0.25) is 9.79 Å². The van der Waals surface area contributed by atoms with E-state index in [0.717, 1.165) is 60.8 Å². The molecule has 0 spiro atoms. The Morgan fingerprint density at radius 2 is 2.00 bits per heavy atom. The van der Waals surface area contributed by atoms with E-state index in [1.165, 1.54) is 0 Å². The molecule has 0 radical (unpaired) electrons. The lowest BCUT2D eigenvalue weighted by atomic mass is 9.98. The number of carbonyl (C=O) groups is 1. The molecule has 1 fully saturated rings. The predicted molar refractivity (Wildman–Crippen MR) is 88.4 cm³/mol. The van der Waals surface area contributed by atoms with Crippen LogP contribution in [-0.4, -0.2) is 43.3 Å². The fourth-order valence-corrected chi connectivity index (χ4v) is 3.05. The molecular formula is C18H17N3O2. The number of nitrogens with zero attached hydrogens (tertiary/aromatic N) is 3. The Morgan fingerprint density at radius 3 is 2.83 bits per heavy atom. The number of ether oxygens (including phenoxy) is 1. The van der Waals surface area contributed by atoms with Crippen molar-refractivity contribution in [2.75, 3.05) is 31.2 Å². The van der Waals surface area contributed by atoms with Gasteiger partial charge < -0.3 is 9.64 Å². The summed E-state index contributed by atoms with van der Waals surface area (Å²) in [5.74, 6) is 0.952. The molecule has 5 nitrogen and oxygen atoms in total. The molecule has 2 aliphatic heterocycles. The van der Waals surface area contributed by atoms with Gasteiger partial charge in [0.2, 0.25) is 0 Å². The van der Waals surface area contributed by atoms with E-state index in [4.69, 9.17) is 4.74 Å². The summed E-state index contributed by atoms with van der Waals surface area (Å²) in [5.41, 5.74) is 4.88. The largest absolute Gasteiger partial charge is 0.378 e. The normalized spacial score (nSPS) is 16.9. The van der Waals surface area contributed by atoms with Crippen molar-refractivity contribution in [3.63, 3.8) is 0 Å². The van der Waals surface area contributed by atoms with E-state index < -0.39 is 0 Å². The molecule has 0 bridgehead atoms. The number of pyridine rings is 1. The molecule has 0 unspecified atom stereocenters. The fraction of sp³-hybridized carbons (Fsp3) is 0.278. The van der Waals surface area contributed by atoms with Crippen LogP contribution in [0, 0.1) is 0 Å². The molecule has 0 N–H and O–H groups in total. The quantitative estimate of drug-likeness (QED) is 0.815. The Labute approximate surface area is 134 Å². The topological polar surface area (TPSA) is 54.8 Å². The molecule has 116 valence electrons. The van der Waals surface area contributed by atoms with Crippen LogP contribution in [-0.2, 0) is 11.3 Å². The molecule has 23 heavy (non-hydrogen) atoms. The summed E-state index contributed by atoms with van der Waals surface area (Å²) in [6.07, 6.45) is 2.70. The summed E-state index contributed by atoms with van der Waals surface area (Å²) in [7, 11) is 0. The number of aldehydes is 1. The van der Waals surface area contributed by atoms with Gasteiger partial charge in [0.15, 0.2) is 0 Å². The van der Waals surface area contributed by atoms with E-state index >= 15 is 0 Å². The third kappa shape index (κ3) is 2.64. The lowest BCUT2D eigenvalue weighted by Gasteiger charge is -2.28. The molecule has 5 heteroatoms. The molecule has 0 saturated carbocycles. The summed E-state index contributed by atoms with van der Waals surface area (Å²) < 4.78 is 5.40. The van der Waals surface area contributed by atoms with Crippen LogP contribution in [0.1, 0.15) is 27.0 Å². The van der Waals surface area contributed by atoms with Crippen LogP contribution in [0.25, 0.3) is 0 Å². The number of aliphatic imine (C=N–C) groups is 1. The maximum absolute atomic E-state index is 11.0. The molecule has 1 saturated heterocycles. The average Bonchev–Trinajstić information content (AvgIpc) is 3.05. The summed E-state index contributed by atoms with van der Waals surface area (Å²) in [6.45, 7) is 3.85. The van der Waals surface area contributed by atoms with Crippen molar-refractivity contribution in [2.45, 2.75) is 6.54 Å². The smallest absolute Gasteiger partial charge is 0.150 e. The molecule has 1 aromatic carbocycles. The number of benzene rings is 1. The first kappa shape index (κ1) is 14.1. The van der Waals surface area contributed by atoms with E-state index in [1.54, 1.807) is 0 Å². The summed E-state index contributed by atoms with van der Waals surface area (Å²) >= 11 is 0. The van der Waals surface area contributed by atoms with Gasteiger partial charge in [-0.2, -0.15) is 0 Å². The lowest BCUT2D eigenvalue weighted by Crippen LogP contribution is -2.36. The van der Waals surface area contributed by atoms with Gasteiger partial charge in [0, 0.05) is 36.0 Å². The van der Waals surface area contributed by atoms with E-state index in [2.05, 4.69) is 20.9 Å². The molecule has 0 amide bonds. The zero-order valence-electron chi connectivity index (χ0n) is 12.7. The molecule has 2 aliphatic rings. The predicted octanol–water partition coefficient (Wildman–Crippen LogP) is 2.08. The number of rotatable bonds is 3. The molecular weight excluding hydrogens is 290 g/mol. The molecule has 2 aromatic rings. The Hall–Kier alpha value is -2.53. The van der Waals surface area contributed by atoms with E-state index in [0.29, 0.717) is 12.1 Å². The number of hydrogen-bond donors (Lipinski definition) is 0. The molecule has 3 heterocycles. The van der Waals surface area contributed by atoms with Gasteiger partial charge in [-0.1, -0.05) is 12.1 Å². The van der Waals surface area contributed by atoms with Gasteiger partial charge >= 0.3 is 0 Å². The van der Waals surface area contributed by atoms with Crippen molar-refractivity contribution in [1.29, 1.82) is 0 Å². The molecule has 0 aliphatic carbocycles. The second kappa shape index (κ2) is 5.93. The van der Waals surface area contributed by atoms with Crippen LogP contribution in [0.2, 0.25) is 0 Å². The maximum atomic E-state index is 11.0. The van der Waals surface area contributed by atoms with Gasteiger partial charge in [0.1, 0.15) is 12.1 Å². The number of morpholine rings is 1. The summed E-state index contributed by atoms with van der Waals surface area (Å²) in [5, 5.41) is 0. The zero-order chi connectivity index (χ0) is 15.6. The third-order valence-electron chi connectivity index (χ3n) is 4.29. The lowest BCUT2D eigenvalue weighted by molar-refractivity contribution is 0.112. The van der Waals surface area contributed by atoms with Gasteiger partial charge in [-0.15, -0.1) is 0 Å². The SMILES string of the molecule is O=Cc1ccc2c(c1)C(c1ccnc(N3CCOCC3)c1)=NC2. The number of carbonyl (C=O) groups excluding carboxylic acids is 1. The Kier molecular flexibility index (Phi) is 3.63. The number of fused-ring (bicyclic) bond motifs is 1. The second-order valence-electron chi connectivity index (χ2n) is 5.70. The van der Waals surface area contributed by atoms with Crippen LogP contribution in [0.3, 0.4) is 0 Å².